The van der Waals surface area contributed by atoms with Crippen molar-refractivity contribution in [2.75, 3.05) is 0 Å². The topological polar surface area (TPSA) is 315 Å². The minimum Gasteiger partial charge on any atom is -0.477 e. The third kappa shape index (κ3) is 32.9. The molecule has 26 heteroatoms. The third-order valence-electron chi connectivity index (χ3n) is 18.2. The van der Waals surface area contributed by atoms with E-state index in [-0.39, 0.29) is 129 Å². The Hall–Kier alpha value is -14.4. The van der Waals surface area contributed by atoms with E-state index in [0.29, 0.717) is 21.8 Å². The number of pyridine rings is 10. The number of hydrogen-bond acceptors (Lipinski definition) is 16. The Bertz CT molecular complexity index is 6530. The van der Waals surface area contributed by atoms with Gasteiger partial charge in [0, 0.05) is 177 Å². The fraction of sp³-hybridized carbons (Fsp3) is 0. The maximum atomic E-state index is 10.8. The second-order valence-corrected chi connectivity index (χ2v) is 27.5. The maximum absolute atomic E-state index is 10.8. The van der Waals surface area contributed by atoms with Gasteiger partial charge in [0.1, 0.15) is 17.1 Å². The first kappa shape index (κ1) is 106. The molecule has 133 heavy (non-hydrogen) atoms. The molecule has 10 aromatic carbocycles. The van der Waals surface area contributed by atoms with Crippen molar-refractivity contribution in [3.63, 3.8) is 0 Å². The number of para-hydroxylation sites is 2. The molecule has 20 nitrogen and oxygen atoms in total. The molecule has 0 aliphatic carbocycles. The smallest absolute Gasteiger partial charge is 0.355 e. The van der Waals surface area contributed by atoms with Gasteiger partial charge < -0.3 is 50.5 Å². The molecule has 0 spiro atoms. The van der Waals surface area contributed by atoms with Gasteiger partial charge in [-0.2, -0.15) is 11.6 Å². The van der Waals surface area contributed by atoms with Crippen LogP contribution in [0.25, 0.3) is 121 Å². The Kier molecular flexibility index (Phi) is 45.2. The van der Waals surface area contributed by atoms with Crippen LogP contribution in [0.1, 0.15) is 52.4 Å². The van der Waals surface area contributed by atoms with E-state index in [2.05, 4.69) is 98.4 Å². The second-order valence-electron chi connectivity index (χ2n) is 26.8. The van der Waals surface area contributed by atoms with Crippen molar-refractivity contribution in [2.24, 2.45) is 0 Å². The van der Waals surface area contributed by atoms with E-state index in [9.17, 15) is 24.0 Å². The summed E-state index contributed by atoms with van der Waals surface area (Å²) in [5.74, 6) is -4.96. The van der Waals surface area contributed by atoms with E-state index >= 15 is 0 Å². The Labute approximate surface area is 837 Å². The van der Waals surface area contributed by atoms with Crippen molar-refractivity contribution >= 4 is 106 Å². The van der Waals surface area contributed by atoms with Crippen molar-refractivity contribution in [3.8, 4) is 56.3 Å². The molecule has 11 aromatic heterocycles. The van der Waals surface area contributed by atoms with E-state index in [4.69, 9.17) is 25.5 Å². The molecule has 0 amide bonds. The largest absolute Gasteiger partial charge is 0.477 e. The van der Waals surface area contributed by atoms with Gasteiger partial charge in [-0.3, -0.25) is 0 Å². The van der Waals surface area contributed by atoms with Crippen molar-refractivity contribution in [1.82, 2.24) is 49.8 Å². The number of carbonyl (C=O) groups is 5. The first-order valence-electron chi connectivity index (χ1n) is 39.4. The molecule has 0 aliphatic rings. The Morgan fingerprint density at radius 3 is 0.925 bits per heavy atom. The predicted octanol–water partition coefficient (Wildman–Crippen LogP) is 23.6. The molecule has 21 aromatic rings. The molecule has 0 saturated heterocycles. The summed E-state index contributed by atoms with van der Waals surface area (Å²) in [4.78, 5) is 93.8. The Morgan fingerprint density at radius 2 is 0.571 bits per heavy atom. The molecule has 0 bridgehead atoms. The summed E-state index contributed by atoms with van der Waals surface area (Å²) in [5.41, 5.74) is 12.0. The SMILES string of the molecule is O=C(O)c1cc2ccccc2cn1.O=C(O)c1ccc2ccccc2n1.O=C(O)c1ccc2ccccc2n1.O=C(O)c1nccc2ccccc12.O=C(O)c1nccc2ccccc12.[Ir].[Ir].[Ir].[Ir].[Ir].[c-]1cc2ccccc2cc1-c1ccccn1.[c-]1ccccc1-c1ccccn1.[c-]1ccccc1-c1ccccn1.[c-]1ccccc1-c1ccccn1.[c-]1cscc1-c1ccccn1. The van der Waals surface area contributed by atoms with Gasteiger partial charge in [0.05, 0.1) is 11.0 Å². The second kappa shape index (κ2) is 56.9. The zero-order chi connectivity index (χ0) is 89.3. The van der Waals surface area contributed by atoms with E-state index in [1.807, 2.05) is 278 Å². The first-order chi connectivity index (χ1) is 62.7. The number of hydrogen-bond donors (Lipinski definition) is 5. The van der Waals surface area contributed by atoms with E-state index < -0.39 is 29.8 Å². The maximum Gasteiger partial charge on any atom is 0.355 e. The third-order valence-corrected chi connectivity index (χ3v) is 18.8. The van der Waals surface area contributed by atoms with E-state index in [0.717, 1.165) is 88.6 Å². The number of carboxylic acids is 5. The number of aromatic nitrogens is 10. The first-order valence-corrected chi connectivity index (χ1v) is 40.4. The molecular weight excluding hydrogens is 2580 g/mol. The quantitative estimate of drug-likeness (QED) is 0.0794. The van der Waals surface area contributed by atoms with Crippen LogP contribution in [0.15, 0.2) is 424 Å². The van der Waals surface area contributed by atoms with Crippen LogP contribution in [0.2, 0.25) is 0 Å². The fourth-order valence-corrected chi connectivity index (χ4v) is 12.6. The van der Waals surface area contributed by atoms with Crippen molar-refractivity contribution in [1.29, 1.82) is 0 Å². The normalized spacial score (nSPS) is 9.65. The minimum absolute atomic E-state index is 0. The molecule has 0 unspecified atom stereocenters. The van der Waals surface area contributed by atoms with Crippen molar-refractivity contribution < 1.29 is 150 Å². The zero-order valence-electron chi connectivity index (χ0n) is 69.7. The minimum atomic E-state index is -0.995. The number of carboxylic acid groups (broad SMARTS) is 5. The number of fused-ring (bicyclic) bond motifs is 6. The van der Waals surface area contributed by atoms with Crippen LogP contribution < -0.4 is 0 Å². The van der Waals surface area contributed by atoms with Gasteiger partial charge >= 0.3 is 29.8 Å². The molecule has 11 heterocycles. The fourth-order valence-electron chi connectivity index (χ4n) is 12.1. The number of nitrogens with zero attached hydrogens (tertiary/aromatic N) is 10. The van der Waals surface area contributed by atoms with Crippen LogP contribution in [0, 0.1) is 30.3 Å². The molecule has 0 atom stereocenters. The van der Waals surface area contributed by atoms with Gasteiger partial charge in [-0.1, -0.05) is 217 Å². The van der Waals surface area contributed by atoms with Gasteiger partial charge in [0.25, 0.3) is 0 Å². The average molecular weight is 2650 g/mol. The van der Waals surface area contributed by atoms with Gasteiger partial charge in [0.15, 0.2) is 11.4 Å². The van der Waals surface area contributed by atoms with Gasteiger partial charge in [-0.15, -0.1) is 142 Å². The molecule has 0 fully saturated rings. The number of aromatic carboxylic acids is 5. The van der Waals surface area contributed by atoms with Crippen LogP contribution in [-0.4, -0.2) is 105 Å². The number of benzene rings is 10. The Balaban J connectivity index is 0.000000201. The van der Waals surface area contributed by atoms with Crippen LogP contribution >= 0.6 is 11.3 Å². The number of rotatable bonds is 10. The molecule has 5 radical (unpaired) electrons. The summed E-state index contributed by atoms with van der Waals surface area (Å²) in [6, 6.07) is 130. The van der Waals surface area contributed by atoms with Crippen LogP contribution in [0.5, 0.6) is 0 Å². The van der Waals surface area contributed by atoms with Gasteiger partial charge in [-0.05, 0) is 117 Å². The van der Waals surface area contributed by atoms with Crippen LogP contribution in [-0.2, 0) is 101 Å². The molecule has 0 aliphatic heterocycles. The Morgan fingerprint density at radius 1 is 0.241 bits per heavy atom. The summed E-state index contributed by atoms with van der Waals surface area (Å²) in [6.45, 7) is 0. The predicted molar refractivity (Wildman–Crippen MR) is 501 cm³/mol. The van der Waals surface area contributed by atoms with Crippen LogP contribution in [0.3, 0.4) is 0 Å². The van der Waals surface area contributed by atoms with Crippen molar-refractivity contribution in [3.05, 3.63) is 483 Å². The summed E-state index contributed by atoms with van der Waals surface area (Å²) < 4.78 is 0. The molecular formula is C107H75Ir5N10O10S-5. The summed E-state index contributed by atoms with van der Waals surface area (Å²) in [7, 11) is 0. The van der Waals surface area contributed by atoms with Gasteiger partial charge in [0.2, 0.25) is 0 Å². The summed E-state index contributed by atoms with van der Waals surface area (Å²) in [6.07, 6.45) is 13.5. The molecule has 0 saturated carbocycles. The van der Waals surface area contributed by atoms with Gasteiger partial charge in [-0.25, -0.2) is 60.2 Å². The van der Waals surface area contributed by atoms with E-state index in [1.165, 1.54) is 35.3 Å². The molecule has 5 N–H and O–H groups in total. The van der Waals surface area contributed by atoms with Crippen molar-refractivity contribution in [2.45, 2.75) is 0 Å². The zero-order valence-corrected chi connectivity index (χ0v) is 82.5. The number of thiophene rings is 1. The summed E-state index contributed by atoms with van der Waals surface area (Å²) >= 11 is 1.64. The van der Waals surface area contributed by atoms with Crippen LogP contribution in [0.4, 0.5) is 0 Å². The molecule has 669 valence electrons. The average Bonchev–Trinajstić information content (AvgIpc) is 1.11. The monoisotopic (exact) mass is 2660 g/mol. The summed E-state index contributed by atoms with van der Waals surface area (Å²) in [5, 5.41) is 57.0. The molecule has 21 rings (SSSR count). The standard InChI is InChI=1S/C15H10N.3C11H8N.5C10H7NO2.C9H6NS.5Ir/c1-2-6-13-11-14(9-8-12(13)5-1)15-7-3-4-10-16-15;3*1-2-6-10(7-3-1)11-8-4-5-9-12-11;12-10(13)9-5-7-3-1-2-4-8(7)6-11-9;2*12-10(13)9-8-4-2-1-3-7(8)5-6-11-9;2*12-10(13)9-6-5-7-3-1-2-4-8(7)11-9;1-2-5-10-9(3-1)8-4-6-11-7-8;;;;;/h1-8,10-11H;3*1-6,8-9H;5*1-6H,(H,12,13);1-3,5-7H;;;;;/q4*-1;;;;;;-1;;;;;. The van der Waals surface area contributed by atoms with E-state index in [1.54, 1.807) is 115 Å².